The third-order valence-electron chi connectivity index (χ3n) is 7.37. The first-order valence-corrected chi connectivity index (χ1v) is 13.4. The van der Waals surface area contributed by atoms with E-state index in [0.29, 0.717) is 51.1 Å². The van der Waals surface area contributed by atoms with Gasteiger partial charge in [-0.15, -0.1) is 0 Å². The molecule has 2 fully saturated rings. The summed E-state index contributed by atoms with van der Waals surface area (Å²) in [6.45, 7) is 6.57. The van der Waals surface area contributed by atoms with E-state index in [9.17, 15) is 4.79 Å². The minimum Gasteiger partial charge on any atom is -0.491 e. The Kier molecular flexibility index (Phi) is 8.88. The van der Waals surface area contributed by atoms with Crippen molar-refractivity contribution in [3.63, 3.8) is 0 Å². The van der Waals surface area contributed by atoms with Crippen LogP contribution in [0.5, 0.6) is 5.75 Å². The summed E-state index contributed by atoms with van der Waals surface area (Å²) in [6, 6.07) is 15.3. The Morgan fingerprint density at radius 1 is 0.806 bits per heavy atom. The van der Waals surface area contributed by atoms with Crippen LogP contribution in [0.4, 0.5) is 0 Å². The van der Waals surface area contributed by atoms with Crippen molar-refractivity contribution >= 4 is 5.91 Å². The van der Waals surface area contributed by atoms with E-state index in [1.165, 1.54) is 11.1 Å². The molecule has 2 aromatic carbocycles. The number of benzene rings is 2. The quantitative estimate of drug-likeness (QED) is 0.704. The van der Waals surface area contributed by atoms with Gasteiger partial charge in [0.25, 0.3) is 5.91 Å². The van der Waals surface area contributed by atoms with Gasteiger partial charge >= 0.3 is 0 Å². The lowest BCUT2D eigenvalue weighted by atomic mass is 9.99. The Bertz CT molecular complexity index is 1000. The van der Waals surface area contributed by atoms with Crippen LogP contribution in [-0.4, -0.2) is 75.7 Å². The van der Waals surface area contributed by atoms with Gasteiger partial charge in [-0.3, -0.25) is 9.69 Å². The number of hydrogen-bond donors (Lipinski definition) is 1. The van der Waals surface area contributed by atoms with Crippen molar-refractivity contribution in [3.8, 4) is 5.75 Å². The lowest BCUT2D eigenvalue weighted by Gasteiger charge is -2.34. The number of nitrogens with zero attached hydrogens (tertiary/aromatic N) is 1. The molecule has 2 saturated heterocycles. The fraction of sp³-hybridized carbons (Fsp3) is 0.552. The standard InChI is InChI=1S/C29H38N2O5/c32-29(30-26-6-11-33-12-7-26)24-4-5-28-25(20-24)19-22-2-1-3-23(18-22)21-31(10-15-35-16-17-36-28)27-8-13-34-14-9-27/h1-5,18,20,26-27H,6-17,19,21H2,(H,30,32). The summed E-state index contributed by atoms with van der Waals surface area (Å²) in [5.74, 6) is 0.779. The fourth-order valence-electron chi connectivity index (χ4n) is 5.34. The van der Waals surface area contributed by atoms with Crippen molar-refractivity contribution < 1.29 is 23.7 Å². The average molecular weight is 495 g/mol. The van der Waals surface area contributed by atoms with Crippen LogP contribution in [0.1, 0.15) is 52.7 Å². The molecule has 2 aromatic rings. The molecule has 2 bridgehead atoms. The molecular formula is C29H38N2O5. The third kappa shape index (κ3) is 6.85. The number of rotatable bonds is 3. The summed E-state index contributed by atoms with van der Waals surface area (Å²) in [5, 5.41) is 3.17. The second-order valence-electron chi connectivity index (χ2n) is 9.95. The molecule has 5 rings (SSSR count). The van der Waals surface area contributed by atoms with Crippen LogP contribution >= 0.6 is 0 Å². The zero-order valence-corrected chi connectivity index (χ0v) is 21.1. The number of amides is 1. The van der Waals surface area contributed by atoms with Gasteiger partial charge in [-0.05, 0) is 60.6 Å². The Morgan fingerprint density at radius 2 is 1.56 bits per heavy atom. The molecule has 1 amide bonds. The van der Waals surface area contributed by atoms with Crippen LogP contribution in [0.3, 0.4) is 0 Å². The highest BCUT2D eigenvalue weighted by Crippen LogP contribution is 2.25. The number of carbonyl (C=O) groups excluding carboxylic acids is 1. The molecule has 0 atom stereocenters. The molecule has 1 N–H and O–H groups in total. The van der Waals surface area contributed by atoms with Crippen molar-refractivity contribution in [2.24, 2.45) is 0 Å². The molecule has 0 radical (unpaired) electrons. The SMILES string of the molecule is O=C(NC1CCOCC1)c1ccc2c(c1)Cc1cccc(c1)CN(C1CCOCC1)CCOCCO2. The van der Waals surface area contributed by atoms with E-state index >= 15 is 0 Å². The summed E-state index contributed by atoms with van der Waals surface area (Å²) in [5.41, 5.74) is 4.21. The lowest BCUT2D eigenvalue weighted by molar-refractivity contribution is 0.0133. The van der Waals surface area contributed by atoms with Crippen molar-refractivity contribution in [1.29, 1.82) is 0 Å². The van der Waals surface area contributed by atoms with Crippen LogP contribution < -0.4 is 10.1 Å². The summed E-state index contributed by atoms with van der Waals surface area (Å²) in [4.78, 5) is 15.5. The Hall–Kier alpha value is -2.45. The van der Waals surface area contributed by atoms with Gasteiger partial charge in [0.15, 0.2) is 0 Å². The number of nitrogens with one attached hydrogen (secondary N) is 1. The van der Waals surface area contributed by atoms with Crippen LogP contribution in [0.15, 0.2) is 42.5 Å². The first-order valence-electron chi connectivity index (χ1n) is 13.4. The van der Waals surface area contributed by atoms with Crippen LogP contribution in [0.2, 0.25) is 0 Å². The third-order valence-corrected chi connectivity index (χ3v) is 7.37. The Morgan fingerprint density at radius 3 is 2.39 bits per heavy atom. The summed E-state index contributed by atoms with van der Waals surface area (Å²) >= 11 is 0. The van der Waals surface area contributed by atoms with Gasteiger partial charge < -0.3 is 24.3 Å². The largest absolute Gasteiger partial charge is 0.491 e. The van der Waals surface area contributed by atoms with Crippen LogP contribution in [0, 0.1) is 0 Å². The zero-order chi connectivity index (χ0) is 24.6. The monoisotopic (exact) mass is 494 g/mol. The molecule has 3 aliphatic heterocycles. The molecule has 0 saturated carbocycles. The second kappa shape index (κ2) is 12.7. The van der Waals surface area contributed by atoms with Gasteiger partial charge in [0, 0.05) is 63.6 Å². The molecular weight excluding hydrogens is 456 g/mol. The van der Waals surface area contributed by atoms with E-state index in [-0.39, 0.29) is 11.9 Å². The Balaban J connectivity index is 1.35. The predicted molar refractivity (Wildman–Crippen MR) is 138 cm³/mol. The van der Waals surface area contributed by atoms with Crippen molar-refractivity contribution in [3.05, 3.63) is 64.7 Å². The van der Waals surface area contributed by atoms with Crippen molar-refractivity contribution in [2.45, 2.75) is 50.7 Å². The average Bonchev–Trinajstić information content (AvgIpc) is 2.91. The van der Waals surface area contributed by atoms with E-state index < -0.39 is 0 Å². The highest BCUT2D eigenvalue weighted by atomic mass is 16.5. The van der Waals surface area contributed by atoms with Gasteiger partial charge in [-0.2, -0.15) is 0 Å². The van der Waals surface area contributed by atoms with Crippen LogP contribution in [0.25, 0.3) is 0 Å². The van der Waals surface area contributed by atoms with Gasteiger partial charge in [-0.25, -0.2) is 0 Å². The molecule has 3 heterocycles. The molecule has 7 heteroatoms. The van der Waals surface area contributed by atoms with E-state index in [1.807, 2.05) is 18.2 Å². The topological polar surface area (TPSA) is 69.3 Å². The fourth-order valence-corrected chi connectivity index (χ4v) is 5.34. The summed E-state index contributed by atoms with van der Waals surface area (Å²) < 4.78 is 23.1. The molecule has 3 aliphatic rings. The van der Waals surface area contributed by atoms with E-state index in [4.69, 9.17) is 18.9 Å². The first kappa shape index (κ1) is 25.2. The van der Waals surface area contributed by atoms with E-state index in [0.717, 1.165) is 63.3 Å². The molecule has 194 valence electrons. The van der Waals surface area contributed by atoms with Gasteiger partial charge in [-0.1, -0.05) is 24.3 Å². The minimum absolute atomic E-state index is 0.0340. The number of fused-ring (bicyclic) bond motifs is 3. The Labute approximate surface area is 214 Å². The highest BCUT2D eigenvalue weighted by Gasteiger charge is 2.22. The molecule has 0 aromatic heterocycles. The smallest absolute Gasteiger partial charge is 0.251 e. The van der Waals surface area contributed by atoms with Gasteiger partial charge in [0.1, 0.15) is 12.4 Å². The predicted octanol–water partition coefficient (Wildman–Crippen LogP) is 3.58. The van der Waals surface area contributed by atoms with E-state index in [1.54, 1.807) is 0 Å². The minimum atomic E-state index is -0.0340. The maximum absolute atomic E-state index is 13.0. The van der Waals surface area contributed by atoms with Gasteiger partial charge in [0.05, 0.1) is 13.2 Å². The van der Waals surface area contributed by atoms with Crippen LogP contribution in [-0.2, 0) is 27.2 Å². The maximum Gasteiger partial charge on any atom is 0.251 e. The summed E-state index contributed by atoms with van der Waals surface area (Å²) in [6.07, 6.45) is 4.55. The lowest BCUT2D eigenvalue weighted by Crippen LogP contribution is -2.41. The number of hydrogen-bond acceptors (Lipinski definition) is 6. The normalized spacial score (nSPS) is 21.1. The summed E-state index contributed by atoms with van der Waals surface area (Å²) in [7, 11) is 0. The molecule has 36 heavy (non-hydrogen) atoms. The van der Waals surface area contributed by atoms with Crippen molar-refractivity contribution in [1.82, 2.24) is 10.2 Å². The molecule has 7 nitrogen and oxygen atoms in total. The molecule has 0 spiro atoms. The second-order valence-corrected chi connectivity index (χ2v) is 9.95. The van der Waals surface area contributed by atoms with E-state index in [2.05, 4.69) is 34.5 Å². The molecule has 0 aliphatic carbocycles. The number of ether oxygens (including phenoxy) is 4. The maximum atomic E-state index is 13.0. The zero-order valence-electron chi connectivity index (χ0n) is 21.1. The van der Waals surface area contributed by atoms with Gasteiger partial charge in [0.2, 0.25) is 0 Å². The first-order chi connectivity index (χ1) is 17.7. The van der Waals surface area contributed by atoms with Crippen molar-refractivity contribution in [2.75, 3.05) is 52.8 Å². The highest BCUT2D eigenvalue weighted by molar-refractivity contribution is 5.94. The molecule has 0 unspecified atom stereocenters. The number of carbonyl (C=O) groups is 1.